The van der Waals surface area contributed by atoms with Gasteiger partial charge in [-0.1, -0.05) is 6.92 Å². The van der Waals surface area contributed by atoms with Gasteiger partial charge in [0.05, 0.1) is 21.6 Å². The highest BCUT2D eigenvalue weighted by atomic mass is 32.1. The predicted octanol–water partition coefficient (Wildman–Crippen LogP) is 3.07. The third-order valence-electron chi connectivity index (χ3n) is 2.05. The Kier molecular flexibility index (Phi) is 2.86. The third-order valence-corrected chi connectivity index (χ3v) is 3.18. The van der Waals surface area contributed by atoms with E-state index in [4.69, 9.17) is 0 Å². The van der Waals surface area contributed by atoms with Crippen LogP contribution in [0.5, 0.6) is 0 Å². The molecule has 0 aromatic carbocycles. The first-order chi connectivity index (χ1) is 7.19. The highest BCUT2D eigenvalue weighted by Gasteiger charge is 2.04. The number of pyridine rings is 1. The molecule has 0 aliphatic heterocycles. The molecule has 2 aromatic heterocycles. The van der Waals surface area contributed by atoms with Gasteiger partial charge in [-0.3, -0.25) is 0 Å². The summed E-state index contributed by atoms with van der Waals surface area (Å²) in [5.41, 5.74) is 1.94. The van der Waals surface area contributed by atoms with Gasteiger partial charge in [0.25, 0.3) is 0 Å². The van der Waals surface area contributed by atoms with Crippen molar-refractivity contribution in [3.05, 3.63) is 17.3 Å². The molecule has 0 saturated carbocycles. The molecule has 1 N–H and O–H groups in total. The van der Waals surface area contributed by atoms with E-state index in [0.717, 1.165) is 27.5 Å². The van der Waals surface area contributed by atoms with Crippen molar-refractivity contribution in [3.63, 3.8) is 0 Å². The lowest BCUT2D eigenvalue weighted by Crippen LogP contribution is -2.09. The molecule has 0 bridgehead atoms. The monoisotopic (exact) mass is 221 g/mol. The number of rotatable bonds is 3. The molecule has 4 heteroatoms. The van der Waals surface area contributed by atoms with E-state index in [1.54, 1.807) is 11.3 Å². The minimum Gasteiger partial charge on any atom is -0.382 e. The molecule has 0 atom stereocenters. The van der Waals surface area contributed by atoms with Crippen LogP contribution in [0, 0.1) is 0 Å². The number of aromatic nitrogens is 2. The Morgan fingerprint density at radius 2 is 2.27 bits per heavy atom. The number of thiazole rings is 1. The summed E-state index contributed by atoms with van der Waals surface area (Å²) in [7, 11) is 0. The van der Waals surface area contributed by atoms with Gasteiger partial charge in [0.2, 0.25) is 0 Å². The van der Waals surface area contributed by atoms with E-state index in [1.165, 1.54) is 0 Å². The molecular weight excluding hydrogens is 206 g/mol. The normalized spacial score (nSPS) is 11.2. The second-order valence-electron chi connectivity index (χ2n) is 3.81. The first-order valence-electron chi connectivity index (χ1n) is 5.21. The maximum Gasteiger partial charge on any atom is 0.170 e. The van der Waals surface area contributed by atoms with Gasteiger partial charge in [0.1, 0.15) is 0 Å². The quantitative estimate of drug-likeness (QED) is 0.865. The van der Waals surface area contributed by atoms with E-state index in [2.05, 4.69) is 42.1 Å². The number of nitrogens with zero attached hydrogens (tertiary/aromatic N) is 2. The highest BCUT2D eigenvalue weighted by Crippen LogP contribution is 2.23. The molecule has 0 aliphatic rings. The van der Waals surface area contributed by atoms with Gasteiger partial charge in [0.15, 0.2) is 5.65 Å². The SMILES string of the molecule is CCc1nc2ncc(NC(C)C)cc2s1. The molecule has 2 aromatic rings. The van der Waals surface area contributed by atoms with Crippen LogP contribution in [0.15, 0.2) is 12.3 Å². The van der Waals surface area contributed by atoms with Crippen molar-refractivity contribution in [1.29, 1.82) is 0 Å². The van der Waals surface area contributed by atoms with Crippen LogP contribution in [0.4, 0.5) is 5.69 Å². The summed E-state index contributed by atoms with van der Waals surface area (Å²) in [6.45, 7) is 6.35. The van der Waals surface area contributed by atoms with Crippen LogP contribution < -0.4 is 5.32 Å². The van der Waals surface area contributed by atoms with Crippen LogP contribution >= 0.6 is 11.3 Å². The zero-order chi connectivity index (χ0) is 10.8. The fourth-order valence-corrected chi connectivity index (χ4v) is 2.33. The number of nitrogens with one attached hydrogen (secondary N) is 1. The summed E-state index contributed by atoms with van der Waals surface area (Å²) in [4.78, 5) is 8.77. The van der Waals surface area contributed by atoms with E-state index >= 15 is 0 Å². The Bertz CT molecular complexity index is 462. The van der Waals surface area contributed by atoms with Crippen molar-refractivity contribution >= 4 is 27.4 Å². The second-order valence-corrected chi connectivity index (χ2v) is 4.92. The standard InChI is InChI=1S/C11H15N3S/c1-4-10-14-11-9(15-10)5-8(6-12-11)13-7(2)3/h5-7,13H,4H2,1-3H3. The van der Waals surface area contributed by atoms with E-state index in [9.17, 15) is 0 Å². The molecule has 0 aliphatic carbocycles. The van der Waals surface area contributed by atoms with E-state index in [0.29, 0.717) is 6.04 Å². The van der Waals surface area contributed by atoms with Crippen LogP contribution in [0.3, 0.4) is 0 Å². The smallest absolute Gasteiger partial charge is 0.170 e. The van der Waals surface area contributed by atoms with Gasteiger partial charge in [-0.05, 0) is 26.3 Å². The van der Waals surface area contributed by atoms with Gasteiger partial charge in [-0.15, -0.1) is 11.3 Å². The zero-order valence-corrected chi connectivity index (χ0v) is 10.1. The molecule has 0 spiro atoms. The molecular formula is C11H15N3S. The average Bonchev–Trinajstić information content (AvgIpc) is 2.58. The maximum absolute atomic E-state index is 4.43. The van der Waals surface area contributed by atoms with Crippen molar-refractivity contribution in [2.75, 3.05) is 5.32 Å². The molecule has 2 rings (SSSR count). The van der Waals surface area contributed by atoms with Crippen LogP contribution in [0.1, 0.15) is 25.8 Å². The zero-order valence-electron chi connectivity index (χ0n) is 9.24. The van der Waals surface area contributed by atoms with Crippen molar-refractivity contribution < 1.29 is 0 Å². The van der Waals surface area contributed by atoms with Crippen LogP contribution in [0.25, 0.3) is 10.3 Å². The lowest BCUT2D eigenvalue weighted by molar-refractivity contribution is 0.898. The predicted molar refractivity (Wildman–Crippen MR) is 65.6 cm³/mol. The van der Waals surface area contributed by atoms with Crippen molar-refractivity contribution in [1.82, 2.24) is 9.97 Å². The van der Waals surface area contributed by atoms with Gasteiger partial charge in [-0.2, -0.15) is 0 Å². The maximum atomic E-state index is 4.43. The van der Waals surface area contributed by atoms with Crippen molar-refractivity contribution in [3.8, 4) is 0 Å². The van der Waals surface area contributed by atoms with E-state index in [1.807, 2.05) is 6.20 Å². The summed E-state index contributed by atoms with van der Waals surface area (Å²) in [6.07, 6.45) is 2.83. The summed E-state index contributed by atoms with van der Waals surface area (Å²) in [5, 5.41) is 4.49. The molecule has 0 fully saturated rings. The number of fused-ring (bicyclic) bond motifs is 1. The van der Waals surface area contributed by atoms with Crippen LogP contribution in [0.2, 0.25) is 0 Å². The van der Waals surface area contributed by atoms with E-state index in [-0.39, 0.29) is 0 Å². The van der Waals surface area contributed by atoms with Gasteiger partial charge in [0, 0.05) is 6.04 Å². The summed E-state index contributed by atoms with van der Waals surface area (Å²) < 4.78 is 1.16. The lowest BCUT2D eigenvalue weighted by Gasteiger charge is -2.08. The Morgan fingerprint density at radius 3 is 2.93 bits per heavy atom. The summed E-state index contributed by atoms with van der Waals surface area (Å²) >= 11 is 1.72. The number of hydrogen-bond donors (Lipinski definition) is 1. The molecule has 0 amide bonds. The van der Waals surface area contributed by atoms with E-state index < -0.39 is 0 Å². The molecule has 0 radical (unpaired) electrons. The van der Waals surface area contributed by atoms with Crippen molar-refractivity contribution in [2.24, 2.45) is 0 Å². The Labute approximate surface area is 93.6 Å². The highest BCUT2D eigenvalue weighted by molar-refractivity contribution is 7.18. The Morgan fingerprint density at radius 1 is 1.47 bits per heavy atom. The Hall–Kier alpha value is -1.16. The molecule has 2 heterocycles. The molecule has 3 nitrogen and oxygen atoms in total. The minimum absolute atomic E-state index is 0.433. The summed E-state index contributed by atoms with van der Waals surface area (Å²) in [6, 6.07) is 2.56. The van der Waals surface area contributed by atoms with Gasteiger partial charge >= 0.3 is 0 Å². The van der Waals surface area contributed by atoms with Crippen LogP contribution in [-0.2, 0) is 6.42 Å². The number of anilines is 1. The topological polar surface area (TPSA) is 37.8 Å². The largest absolute Gasteiger partial charge is 0.382 e. The average molecular weight is 221 g/mol. The fourth-order valence-electron chi connectivity index (χ4n) is 1.43. The van der Waals surface area contributed by atoms with Gasteiger partial charge < -0.3 is 5.32 Å². The molecule has 15 heavy (non-hydrogen) atoms. The lowest BCUT2D eigenvalue weighted by atomic mass is 10.3. The summed E-state index contributed by atoms with van der Waals surface area (Å²) in [5.74, 6) is 0. The Balaban J connectivity index is 2.37. The minimum atomic E-state index is 0.433. The number of hydrogen-bond acceptors (Lipinski definition) is 4. The fraction of sp³-hybridized carbons (Fsp3) is 0.455. The molecule has 0 unspecified atom stereocenters. The number of aryl methyl sites for hydroxylation is 1. The first kappa shape index (κ1) is 10.4. The third kappa shape index (κ3) is 2.26. The molecule has 80 valence electrons. The van der Waals surface area contributed by atoms with Gasteiger partial charge in [-0.25, -0.2) is 9.97 Å². The van der Waals surface area contributed by atoms with Crippen molar-refractivity contribution in [2.45, 2.75) is 33.2 Å². The molecule has 0 saturated heterocycles. The second kappa shape index (κ2) is 4.14. The first-order valence-corrected chi connectivity index (χ1v) is 6.02. The van der Waals surface area contributed by atoms with Crippen LogP contribution in [-0.4, -0.2) is 16.0 Å².